The van der Waals surface area contributed by atoms with Crippen molar-refractivity contribution in [3.63, 3.8) is 0 Å². The summed E-state index contributed by atoms with van der Waals surface area (Å²) in [5, 5.41) is 10.8. The Hall–Kier alpha value is -1.53. The van der Waals surface area contributed by atoms with Crippen molar-refractivity contribution < 1.29 is 23.0 Å². The predicted molar refractivity (Wildman–Crippen MR) is 135 cm³/mol. The summed E-state index contributed by atoms with van der Waals surface area (Å²) in [6.07, 6.45) is 14.0. The standard InChI is InChI=1S/C26H46O5S/c1-7-11-12-13-14-15-16-17-18-19-20-32(28,29)21-25(26(27)23(8-2)9-3)31-24(10-4)22(5)30-6/h8-10,25-27H,2,4,7,11-21H2,1,3,5-6H3/b23-9+,24-22-. The number of aliphatic hydroxyl groups is 1. The van der Waals surface area contributed by atoms with Crippen LogP contribution in [0.1, 0.15) is 85.0 Å². The fourth-order valence-electron chi connectivity index (χ4n) is 3.50. The molecule has 0 aliphatic heterocycles. The molecule has 0 aliphatic rings. The number of hydrogen-bond acceptors (Lipinski definition) is 5. The highest BCUT2D eigenvalue weighted by Gasteiger charge is 2.29. The monoisotopic (exact) mass is 470 g/mol. The summed E-state index contributed by atoms with van der Waals surface area (Å²) in [5.74, 6) is 0.576. The molecule has 0 amide bonds. The average molecular weight is 471 g/mol. The topological polar surface area (TPSA) is 72.8 Å². The van der Waals surface area contributed by atoms with E-state index in [2.05, 4.69) is 20.1 Å². The Kier molecular flexibility index (Phi) is 17.1. The molecule has 1 N–H and O–H groups in total. The third-order valence-electron chi connectivity index (χ3n) is 5.61. The second kappa shape index (κ2) is 18.0. The van der Waals surface area contributed by atoms with Gasteiger partial charge in [0.1, 0.15) is 18.0 Å². The third-order valence-corrected chi connectivity index (χ3v) is 7.35. The number of unbranched alkanes of at least 4 members (excludes halogenated alkanes) is 9. The maximum Gasteiger partial charge on any atom is 0.156 e. The van der Waals surface area contributed by atoms with Crippen LogP contribution in [0.25, 0.3) is 0 Å². The molecule has 0 aromatic heterocycles. The van der Waals surface area contributed by atoms with Crippen LogP contribution in [0.2, 0.25) is 0 Å². The second-order valence-corrected chi connectivity index (χ2v) is 10.4. The third kappa shape index (κ3) is 13.1. The summed E-state index contributed by atoms with van der Waals surface area (Å²) in [4.78, 5) is 0. The highest BCUT2D eigenvalue weighted by Crippen LogP contribution is 2.20. The van der Waals surface area contributed by atoms with E-state index in [0.29, 0.717) is 23.5 Å². The van der Waals surface area contributed by atoms with E-state index in [1.807, 2.05) is 0 Å². The quantitative estimate of drug-likeness (QED) is 0.129. The average Bonchev–Trinajstić information content (AvgIpc) is 2.77. The zero-order valence-corrected chi connectivity index (χ0v) is 21.6. The highest BCUT2D eigenvalue weighted by atomic mass is 32.2. The zero-order valence-electron chi connectivity index (χ0n) is 20.8. The van der Waals surface area contributed by atoms with Gasteiger partial charge in [-0.25, -0.2) is 8.42 Å². The molecule has 0 saturated carbocycles. The predicted octanol–water partition coefficient (Wildman–Crippen LogP) is 6.26. The van der Waals surface area contributed by atoms with Crippen molar-refractivity contribution in [2.45, 2.75) is 97.2 Å². The number of methoxy groups -OCH3 is 1. The van der Waals surface area contributed by atoms with E-state index < -0.39 is 22.0 Å². The first-order valence-electron chi connectivity index (χ1n) is 12.0. The van der Waals surface area contributed by atoms with Gasteiger partial charge in [-0.2, -0.15) is 0 Å². The molecular formula is C26H46O5S. The molecule has 0 saturated heterocycles. The first kappa shape index (κ1) is 30.5. The van der Waals surface area contributed by atoms with Crippen molar-refractivity contribution in [1.82, 2.24) is 0 Å². The number of hydrogen-bond donors (Lipinski definition) is 1. The van der Waals surface area contributed by atoms with E-state index in [-0.39, 0.29) is 11.5 Å². The molecule has 0 fully saturated rings. The van der Waals surface area contributed by atoms with Crippen molar-refractivity contribution in [3.05, 3.63) is 48.5 Å². The van der Waals surface area contributed by atoms with Gasteiger partial charge in [0.25, 0.3) is 0 Å². The van der Waals surface area contributed by atoms with Crippen LogP contribution in [0.3, 0.4) is 0 Å². The lowest BCUT2D eigenvalue weighted by atomic mass is 10.1. The van der Waals surface area contributed by atoms with Gasteiger partial charge in [0.05, 0.1) is 18.6 Å². The van der Waals surface area contributed by atoms with Crippen LogP contribution >= 0.6 is 0 Å². The SMILES string of the molecule is C=C/C(OC(CS(=O)(=O)CCCCCCCCCCCC)C(O)/C(C=C)=C/C)=C(\C)OC. The Morgan fingerprint density at radius 3 is 1.94 bits per heavy atom. The molecule has 5 nitrogen and oxygen atoms in total. The molecule has 0 aromatic rings. The minimum absolute atomic E-state index is 0.0890. The minimum atomic E-state index is -3.41. The number of aliphatic hydroxyl groups excluding tert-OH is 1. The maximum atomic E-state index is 12.8. The van der Waals surface area contributed by atoms with Crippen LogP contribution in [-0.2, 0) is 19.3 Å². The molecule has 32 heavy (non-hydrogen) atoms. The number of sulfone groups is 1. The van der Waals surface area contributed by atoms with Gasteiger partial charge >= 0.3 is 0 Å². The van der Waals surface area contributed by atoms with E-state index >= 15 is 0 Å². The maximum absolute atomic E-state index is 12.8. The smallest absolute Gasteiger partial charge is 0.156 e. The molecular weight excluding hydrogens is 424 g/mol. The van der Waals surface area contributed by atoms with E-state index in [9.17, 15) is 13.5 Å². The van der Waals surface area contributed by atoms with Crippen LogP contribution in [-0.4, -0.2) is 44.3 Å². The Morgan fingerprint density at radius 1 is 0.969 bits per heavy atom. The molecule has 0 rings (SSSR count). The van der Waals surface area contributed by atoms with Crippen LogP contribution in [0.15, 0.2) is 48.5 Å². The lowest BCUT2D eigenvalue weighted by Gasteiger charge is -2.26. The Labute approximate surface area is 197 Å². The summed E-state index contributed by atoms with van der Waals surface area (Å²) in [5.41, 5.74) is 0.516. The van der Waals surface area contributed by atoms with Gasteiger partial charge in [-0.1, -0.05) is 90.0 Å². The molecule has 0 radical (unpaired) electrons. The van der Waals surface area contributed by atoms with Crippen molar-refractivity contribution >= 4 is 9.84 Å². The second-order valence-electron chi connectivity index (χ2n) is 8.22. The van der Waals surface area contributed by atoms with Gasteiger partial charge in [-0.3, -0.25) is 0 Å². The van der Waals surface area contributed by atoms with Gasteiger partial charge < -0.3 is 14.6 Å². The molecule has 0 aliphatic carbocycles. The molecule has 0 spiro atoms. The van der Waals surface area contributed by atoms with Crippen molar-refractivity contribution in [1.29, 1.82) is 0 Å². The molecule has 0 aromatic carbocycles. The number of ether oxygens (including phenoxy) is 2. The molecule has 2 atom stereocenters. The Bertz CT molecular complexity index is 691. The molecule has 186 valence electrons. The van der Waals surface area contributed by atoms with Crippen molar-refractivity contribution in [2.24, 2.45) is 0 Å². The van der Waals surface area contributed by atoms with Crippen LogP contribution < -0.4 is 0 Å². The van der Waals surface area contributed by atoms with E-state index in [1.165, 1.54) is 57.8 Å². The molecule has 0 heterocycles. The Morgan fingerprint density at radius 2 is 1.50 bits per heavy atom. The van der Waals surface area contributed by atoms with Crippen LogP contribution in [0, 0.1) is 0 Å². The van der Waals surface area contributed by atoms with Gasteiger partial charge in [-0.15, -0.1) is 0 Å². The Balaban J connectivity index is 4.82. The van der Waals surface area contributed by atoms with Gasteiger partial charge in [0.2, 0.25) is 0 Å². The van der Waals surface area contributed by atoms with E-state index in [4.69, 9.17) is 9.47 Å². The summed E-state index contributed by atoms with van der Waals surface area (Å²) in [6.45, 7) is 13.1. The first-order valence-corrected chi connectivity index (χ1v) is 13.8. The van der Waals surface area contributed by atoms with Gasteiger partial charge in [0, 0.05) is 0 Å². The fourth-order valence-corrected chi connectivity index (χ4v) is 5.06. The van der Waals surface area contributed by atoms with Crippen LogP contribution in [0.5, 0.6) is 0 Å². The summed E-state index contributed by atoms with van der Waals surface area (Å²) in [7, 11) is -1.92. The lowest BCUT2D eigenvalue weighted by Crippen LogP contribution is -2.37. The molecule has 2 unspecified atom stereocenters. The molecule has 0 bridgehead atoms. The van der Waals surface area contributed by atoms with Gasteiger partial charge in [-0.05, 0) is 31.9 Å². The summed E-state index contributed by atoms with van der Waals surface area (Å²) >= 11 is 0. The first-order chi connectivity index (χ1) is 15.3. The van der Waals surface area contributed by atoms with Gasteiger partial charge in [0.15, 0.2) is 15.6 Å². The normalized spacial score (nSPS) is 15.0. The molecule has 6 heteroatoms. The fraction of sp³-hybridized carbons (Fsp3) is 0.692. The van der Waals surface area contributed by atoms with Crippen molar-refractivity contribution in [3.8, 4) is 0 Å². The summed E-state index contributed by atoms with van der Waals surface area (Å²) in [6, 6.07) is 0. The van der Waals surface area contributed by atoms with Crippen LogP contribution in [0.4, 0.5) is 0 Å². The largest absolute Gasteiger partial charge is 0.498 e. The van der Waals surface area contributed by atoms with Crippen molar-refractivity contribution in [2.75, 3.05) is 18.6 Å². The highest BCUT2D eigenvalue weighted by molar-refractivity contribution is 7.91. The summed E-state index contributed by atoms with van der Waals surface area (Å²) < 4.78 is 36.6. The van der Waals surface area contributed by atoms with E-state index in [1.54, 1.807) is 19.9 Å². The number of rotatable bonds is 20. The van der Waals surface area contributed by atoms with E-state index in [0.717, 1.165) is 19.3 Å². The minimum Gasteiger partial charge on any atom is -0.498 e. The zero-order chi connectivity index (χ0) is 24.4. The lowest BCUT2D eigenvalue weighted by molar-refractivity contribution is 0.0296. The number of allylic oxidation sites excluding steroid dienone is 3.